The number of hydrogen-bond donors (Lipinski definition) is 1. The van der Waals surface area contributed by atoms with E-state index in [1.807, 2.05) is 146 Å². The van der Waals surface area contributed by atoms with Crippen molar-refractivity contribution in [3.63, 3.8) is 0 Å². The van der Waals surface area contributed by atoms with Crippen LogP contribution in [0.3, 0.4) is 0 Å². The zero-order chi connectivity index (χ0) is 32.8. The number of benzene rings is 6. The lowest BCUT2D eigenvalue weighted by Crippen LogP contribution is -2.47. The largest absolute Gasteiger partial charge is 0.449 e. The van der Waals surface area contributed by atoms with E-state index in [2.05, 4.69) is 29.6 Å². The van der Waals surface area contributed by atoms with Crippen molar-refractivity contribution in [3.8, 4) is 11.1 Å². The van der Waals surface area contributed by atoms with Gasteiger partial charge in [-0.05, 0) is 27.8 Å². The molecule has 0 aromatic heterocycles. The maximum absolute atomic E-state index is 14.5. The highest BCUT2D eigenvalue weighted by atomic mass is 16.6. The molecule has 0 bridgehead atoms. The molecule has 0 fully saturated rings. The van der Waals surface area contributed by atoms with Crippen LogP contribution in [0.1, 0.15) is 39.3 Å². The summed E-state index contributed by atoms with van der Waals surface area (Å²) in [6.07, 6.45) is -0.460. The van der Waals surface area contributed by atoms with E-state index in [9.17, 15) is 9.59 Å². The number of esters is 1. The summed E-state index contributed by atoms with van der Waals surface area (Å²) >= 11 is 0. The van der Waals surface area contributed by atoms with Gasteiger partial charge >= 0.3 is 12.1 Å². The van der Waals surface area contributed by atoms with E-state index in [4.69, 9.17) is 9.47 Å². The first-order valence-corrected chi connectivity index (χ1v) is 16.2. The van der Waals surface area contributed by atoms with Crippen molar-refractivity contribution >= 4 is 12.1 Å². The number of fused-ring (bicyclic) bond motifs is 3. The van der Waals surface area contributed by atoms with E-state index in [1.54, 1.807) is 0 Å². The van der Waals surface area contributed by atoms with E-state index in [-0.39, 0.29) is 18.9 Å². The molecule has 1 aliphatic rings. The number of carbonyl (C=O) groups excluding carboxylic acids is 2. The van der Waals surface area contributed by atoms with Gasteiger partial charge in [-0.1, -0.05) is 170 Å². The molecule has 236 valence electrons. The minimum Gasteiger partial charge on any atom is -0.449 e. The lowest BCUT2D eigenvalue weighted by Gasteiger charge is -2.36. The third kappa shape index (κ3) is 6.10. The highest BCUT2D eigenvalue weighted by Crippen LogP contribution is 2.45. The molecular weight excluding hydrogens is 594 g/mol. The van der Waals surface area contributed by atoms with Gasteiger partial charge in [0.05, 0.1) is 0 Å². The van der Waals surface area contributed by atoms with Crippen LogP contribution in [-0.2, 0) is 26.3 Å². The quantitative estimate of drug-likeness (QED) is 0.122. The van der Waals surface area contributed by atoms with Gasteiger partial charge in [0, 0.05) is 29.0 Å². The Morgan fingerprint density at radius 3 is 1.46 bits per heavy atom. The lowest BCUT2D eigenvalue weighted by atomic mass is 9.80. The van der Waals surface area contributed by atoms with Crippen LogP contribution in [0.5, 0.6) is 0 Å². The predicted octanol–water partition coefficient (Wildman–Crippen LogP) is 8.67. The summed E-state index contributed by atoms with van der Waals surface area (Å²) in [5.74, 6) is -0.687. The fourth-order valence-electron chi connectivity index (χ4n) is 6.74. The Morgan fingerprint density at radius 2 is 0.979 bits per heavy atom. The molecule has 0 radical (unpaired) electrons. The van der Waals surface area contributed by atoms with Gasteiger partial charge in [0.1, 0.15) is 12.6 Å². The number of rotatable bonds is 10. The molecule has 0 spiro atoms. The number of alkyl carbamates (subject to hydrolysis) is 1. The average molecular weight is 630 g/mol. The van der Waals surface area contributed by atoms with Crippen molar-refractivity contribution in [2.45, 2.75) is 24.0 Å². The maximum atomic E-state index is 14.5. The molecule has 1 aliphatic carbocycles. The van der Waals surface area contributed by atoms with Crippen LogP contribution in [0, 0.1) is 0 Å². The molecule has 1 amide bonds. The predicted molar refractivity (Wildman–Crippen MR) is 187 cm³/mol. The van der Waals surface area contributed by atoms with Crippen molar-refractivity contribution in [2.75, 3.05) is 6.61 Å². The minimum atomic E-state index is -1.28. The van der Waals surface area contributed by atoms with Crippen molar-refractivity contribution in [2.24, 2.45) is 0 Å². The molecule has 0 saturated carbocycles. The van der Waals surface area contributed by atoms with E-state index < -0.39 is 23.7 Å². The summed E-state index contributed by atoms with van der Waals surface area (Å²) in [6, 6.07) is 54.1. The van der Waals surface area contributed by atoms with Gasteiger partial charge in [0.15, 0.2) is 5.60 Å². The van der Waals surface area contributed by atoms with Crippen LogP contribution >= 0.6 is 0 Å². The molecule has 0 saturated heterocycles. The van der Waals surface area contributed by atoms with Crippen LogP contribution in [0.15, 0.2) is 170 Å². The first-order chi connectivity index (χ1) is 23.6. The monoisotopic (exact) mass is 629 g/mol. The Balaban J connectivity index is 1.20. The van der Waals surface area contributed by atoms with Crippen molar-refractivity contribution in [1.29, 1.82) is 0 Å². The number of hydrogen-bond acceptors (Lipinski definition) is 4. The van der Waals surface area contributed by atoms with Gasteiger partial charge in [0.2, 0.25) is 0 Å². The zero-order valence-electron chi connectivity index (χ0n) is 26.4. The van der Waals surface area contributed by atoms with Crippen molar-refractivity contribution in [3.05, 3.63) is 203 Å². The highest BCUT2D eigenvalue weighted by Gasteiger charge is 2.42. The highest BCUT2D eigenvalue weighted by molar-refractivity contribution is 5.83. The molecule has 0 heterocycles. The second-order valence-corrected chi connectivity index (χ2v) is 11.9. The Morgan fingerprint density at radius 1 is 0.562 bits per heavy atom. The van der Waals surface area contributed by atoms with Gasteiger partial charge < -0.3 is 14.8 Å². The van der Waals surface area contributed by atoms with Crippen LogP contribution in [-0.4, -0.2) is 24.7 Å². The number of amides is 1. The Kier molecular flexibility index (Phi) is 8.84. The van der Waals surface area contributed by atoms with Crippen LogP contribution in [0.2, 0.25) is 0 Å². The maximum Gasteiger partial charge on any atom is 0.407 e. The molecule has 1 atom stereocenters. The van der Waals surface area contributed by atoms with Crippen molar-refractivity contribution in [1.82, 2.24) is 5.32 Å². The summed E-state index contributed by atoms with van der Waals surface area (Å²) in [4.78, 5) is 28.1. The van der Waals surface area contributed by atoms with E-state index in [0.717, 1.165) is 44.5 Å². The Labute approximate surface area is 280 Å². The van der Waals surface area contributed by atoms with Crippen molar-refractivity contribution < 1.29 is 19.1 Å². The first-order valence-electron chi connectivity index (χ1n) is 16.2. The third-order valence-corrected chi connectivity index (χ3v) is 9.00. The fraction of sp³-hybridized carbons (Fsp3) is 0.116. The molecular formula is C43H35NO4. The van der Waals surface area contributed by atoms with Gasteiger partial charge in [0.25, 0.3) is 0 Å². The van der Waals surface area contributed by atoms with Gasteiger partial charge in [-0.2, -0.15) is 0 Å². The number of ether oxygens (including phenoxy) is 2. The van der Waals surface area contributed by atoms with Crippen LogP contribution < -0.4 is 5.32 Å². The fourth-order valence-corrected chi connectivity index (χ4v) is 6.74. The topological polar surface area (TPSA) is 64.6 Å². The number of nitrogens with one attached hydrogen (secondary N) is 1. The first kappa shape index (κ1) is 30.7. The average Bonchev–Trinajstić information content (AvgIpc) is 3.47. The smallest absolute Gasteiger partial charge is 0.407 e. The third-order valence-electron chi connectivity index (χ3n) is 9.00. The van der Waals surface area contributed by atoms with E-state index >= 15 is 0 Å². The summed E-state index contributed by atoms with van der Waals surface area (Å²) in [5.41, 5.74) is 6.48. The molecule has 7 rings (SSSR count). The van der Waals surface area contributed by atoms with E-state index in [0.29, 0.717) is 0 Å². The standard InChI is InChI=1S/C43H35NO4/c45-41(48-43(32-19-7-2-8-20-32,33-21-9-3-10-22-33)34-23-11-4-12-24-34)40(29-31-17-5-1-6-18-31)44-42(46)47-30-39-37-27-15-13-25-35(37)36-26-14-16-28-38(36)39/h1-28,39-40H,29-30H2,(H,44,46)/t40-/m0/s1. The summed E-state index contributed by atoms with van der Waals surface area (Å²) < 4.78 is 12.6. The Hall–Kier alpha value is -5.94. The van der Waals surface area contributed by atoms with Gasteiger partial charge in [-0.15, -0.1) is 0 Å². The van der Waals surface area contributed by atoms with Gasteiger partial charge in [-0.3, -0.25) is 0 Å². The zero-order valence-corrected chi connectivity index (χ0v) is 26.4. The summed E-state index contributed by atoms with van der Waals surface area (Å²) in [6.45, 7) is 0.134. The molecule has 5 nitrogen and oxygen atoms in total. The molecule has 5 heteroatoms. The van der Waals surface area contributed by atoms with Gasteiger partial charge in [-0.25, -0.2) is 9.59 Å². The molecule has 0 aliphatic heterocycles. The normalized spacial score (nSPS) is 12.8. The van der Waals surface area contributed by atoms with Crippen LogP contribution in [0.25, 0.3) is 11.1 Å². The number of carbonyl (C=O) groups is 2. The second kappa shape index (κ2) is 13.8. The van der Waals surface area contributed by atoms with Crippen LogP contribution in [0.4, 0.5) is 4.79 Å². The Bertz CT molecular complexity index is 1850. The molecule has 6 aromatic carbocycles. The summed E-state index contributed by atoms with van der Waals surface area (Å²) in [5, 5.41) is 2.88. The molecule has 1 N–H and O–H groups in total. The lowest BCUT2D eigenvalue weighted by molar-refractivity contribution is -0.156. The molecule has 0 unspecified atom stereocenters. The summed E-state index contributed by atoms with van der Waals surface area (Å²) in [7, 11) is 0. The minimum absolute atomic E-state index is 0.107. The second-order valence-electron chi connectivity index (χ2n) is 11.9. The SMILES string of the molecule is O=C(N[C@@H](Cc1ccccc1)C(=O)OC(c1ccccc1)(c1ccccc1)c1ccccc1)OCC1c2ccccc2-c2ccccc21. The molecule has 6 aromatic rings. The van der Waals surface area contributed by atoms with E-state index in [1.165, 1.54) is 0 Å². The molecule has 48 heavy (non-hydrogen) atoms.